The molecule has 1 saturated carbocycles. The first-order chi connectivity index (χ1) is 10.7. The molecule has 1 N–H and O–H groups in total. The fraction of sp³-hybridized carbons (Fsp3) is 0.412. The van der Waals surface area contributed by atoms with E-state index in [2.05, 4.69) is 17.5 Å². The highest BCUT2D eigenvalue weighted by Gasteiger charge is 2.36. The van der Waals surface area contributed by atoms with Crippen molar-refractivity contribution < 1.29 is 9.21 Å². The fourth-order valence-corrected chi connectivity index (χ4v) is 4.15. The van der Waals surface area contributed by atoms with Crippen LogP contribution >= 0.6 is 11.3 Å². The van der Waals surface area contributed by atoms with Crippen LogP contribution in [-0.2, 0) is 12.8 Å². The van der Waals surface area contributed by atoms with Crippen molar-refractivity contribution in [3.63, 3.8) is 0 Å². The lowest BCUT2D eigenvalue weighted by atomic mass is 10.2. The van der Waals surface area contributed by atoms with Crippen molar-refractivity contribution >= 4 is 23.5 Å². The molecule has 0 bridgehead atoms. The van der Waals surface area contributed by atoms with Crippen molar-refractivity contribution in [2.45, 2.75) is 38.5 Å². The van der Waals surface area contributed by atoms with Crippen molar-refractivity contribution in [2.75, 3.05) is 0 Å². The smallest absolute Gasteiger partial charge is 0.281 e. The zero-order chi connectivity index (χ0) is 15.1. The highest BCUT2D eigenvalue weighted by molar-refractivity contribution is 7.14. The molecule has 1 fully saturated rings. The standard InChI is InChI=1S/C17H18N2O2S/c1-10-7-13(10)14-6-5-12(21-14)9-18-19-17(20)16-8-11-3-2-4-15(11)22-16/h5-6,8-10,13H,2-4,7H2,1H3,(H,19,20)/b18-9-/t10-,13-/m0/s1. The number of thiophene rings is 1. The van der Waals surface area contributed by atoms with Crippen molar-refractivity contribution in [1.29, 1.82) is 0 Å². The third kappa shape index (κ3) is 2.61. The van der Waals surface area contributed by atoms with Gasteiger partial charge in [0.05, 0.1) is 11.1 Å². The molecule has 2 atom stereocenters. The highest BCUT2D eigenvalue weighted by atomic mass is 32.1. The van der Waals surface area contributed by atoms with Gasteiger partial charge in [0.25, 0.3) is 5.91 Å². The molecule has 0 aliphatic heterocycles. The number of nitrogens with zero attached hydrogens (tertiary/aromatic N) is 1. The molecule has 0 radical (unpaired) electrons. The predicted molar refractivity (Wildman–Crippen MR) is 86.6 cm³/mol. The Morgan fingerprint density at radius 1 is 1.45 bits per heavy atom. The van der Waals surface area contributed by atoms with Gasteiger partial charge in [-0.3, -0.25) is 4.79 Å². The second-order valence-electron chi connectivity index (χ2n) is 6.17. The number of aryl methyl sites for hydroxylation is 2. The van der Waals surface area contributed by atoms with E-state index in [-0.39, 0.29) is 5.91 Å². The molecule has 2 aliphatic rings. The molecule has 2 aromatic rings. The van der Waals surface area contributed by atoms with Crippen LogP contribution in [0.25, 0.3) is 0 Å². The number of carbonyl (C=O) groups is 1. The number of hydrogen-bond acceptors (Lipinski definition) is 4. The van der Waals surface area contributed by atoms with E-state index < -0.39 is 0 Å². The van der Waals surface area contributed by atoms with E-state index in [4.69, 9.17) is 4.42 Å². The lowest BCUT2D eigenvalue weighted by Gasteiger charge is -1.95. The molecule has 1 amide bonds. The van der Waals surface area contributed by atoms with Crippen LogP contribution < -0.4 is 5.43 Å². The fourth-order valence-electron chi connectivity index (χ4n) is 3.01. The summed E-state index contributed by atoms with van der Waals surface area (Å²) in [6, 6.07) is 5.90. The van der Waals surface area contributed by atoms with Gasteiger partial charge in [0.2, 0.25) is 0 Å². The summed E-state index contributed by atoms with van der Waals surface area (Å²) in [7, 11) is 0. The monoisotopic (exact) mass is 314 g/mol. The van der Waals surface area contributed by atoms with Gasteiger partial charge in [0, 0.05) is 10.8 Å². The zero-order valence-electron chi connectivity index (χ0n) is 12.5. The maximum absolute atomic E-state index is 12.1. The topological polar surface area (TPSA) is 54.6 Å². The van der Waals surface area contributed by atoms with Gasteiger partial charge in [-0.05, 0) is 55.4 Å². The summed E-state index contributed by atoms with van der Waals surface area (Å²) in [5, 5.41) is 4.00. The van der Waals surface area contributed by atoms with E-state index in [1.165, 1.54) is 23.3 Å². The van der Waals surface area contributed by atoms with Crippen LogP contribution in [0.4, 0.5) is 0 Å². The molecule has 2 aliphatic carbocycles. The molecule has 4 nitrogen and oxygen atoms in total. The number of hydrazone groups is 1. The molecule has 22 heavy (non-hydrogen) atoms. The summed E-state index contributed by atoms with van der Waals surface area (Å²) in [5.41, 5.74) is 3.91. The minimum atomic E-state index is -0.141. The third-order valence-electron chi connectivity index (χ3n) is 4.45. The van der Waals surface area contributed by atoms with E-state index >= 15 is 0 Å². The molecule has 0 saturated heterocycles. The first-order valence-corrected chi connectivity index (χ1v) is 8.57. The van der Waals surface area contributed by atoms with Gasteiger partial charge in [0.15, 0.2) is 0 Å². The number of fused-ring (bicyclic) bond motifs is 1. The SMILES string of the molecule is C[C@H]1C[C@@H]1c1ccc(/C=N\NC(=O)c2cc3c(s2)CCC3)o1. The Morgan fingerprint density at radius 3 is 3.09 bits per heavy atom. The number of carbonyl (C=O) groups excluding carboxylic acids is 1. The molecule has 4 rings (SSSR count). The Hall–Kier alpha value is -1.88. The summed E-state index contributed by atoms with van der Waals surface area (Å²) in [6.45, 7) is 2.22. The molecule has 0 unspecified atom stereocenters. The summed E-state index contributed by atoms with van der Waals surface area (Å²) in [6.07, 6.45) is 6.17. The van der Waals surface area contributed by atoms with Gasteiger partial charge in [-0.2, -0.15) is 5.10 Å². The average Bonchev–Trinajstić information content (AvgIpc) is 2.93. The summed E-state index contributed by atoms with van der Waals surface area (Å²) in [4.78, 5) is 14.2. The van der Waals surface area contributed by atoms with Gasteiger partial charge >= 0.3 is 0 Å². The average molecular weight is 314 g/mol. The van der Waals surface area contributed by atoms with E-state index in [9.17, 15) is 4.79 Å². The Kier molecular flexibility index (Phi) is 3.37. The minimum Gasteiger partial charge on any atom is -0.460 e. The van der Waals surface area contributed by atoms with Crippen LogP contribution in [0, 0.1) is 5.92 Å². The van der Waals surface area contributed by atoms with Crippen LogP contribution in [0.15, 0.2) is 27.7 Å². The normalized spacial score (nSPS) is 23.0. The largest absolute Gasteiger partial charge is 0.460 e. The third-order valence-corrected chi connectivity index (χ3v) is 5.69. The number of furan rings is 1. The predicted octanol–water partition coefficient (Wildman–Crippen LogP) is 3.72. The molecular weight excluding hydrogens is 296 g/mol. The van der Waals surface area contributed by atoms with Crippen molar-refractivity contribution in [3.05, 3.63) is 45.0 Å². The van der Waals surface area contributed by atoms with Crippen molar-refractivity contribution in [3.8, 4) is 0 Å². The van der Waals surface area contributed by atoms with Crippen LogP contribution in [0.5, 0.6) is 0 Å². The van der Waals surface area contributed by atoms with Gasteiger partial charge in [-0.1, -0.05) is 6.92 Å². The van der Waals surface area contributed by atoms with Crippen LogP contribution in [0.1, 0.15) is 57.3 Å². The second kappa shape index (κ2) is 5.39. The van der Waals surface area contributed by atoms with Gasteiger partial charge in [-0.25, -0.2) is 5.43 Å². The number of hydrogen-bond donors (Lipinski definition) is 1. The van der Waals surface area contributed by atoms with Crippen LogP contribution in [0.3, 0.4) is 0 Å². The van der Waals surface area contributed by atoms with Crippen molar-refractivity contribution in [1.82, 2.24) is 5.43 Å². The first-order valence-electron chi connectivity index (χ1n) is 7.75. The molecule has 2 heterocycles. The Morgan fingerprint density at radius 2 is 2.32 bits per heavy atom. The maximum atomic E-state index is 12.1. The zero-order valence-corrected chi connectivity index (χ0v) is 13.3. The van der Waals surface area contributed by atoms with E-state index in [0.29, 0.717) is 11.7 Å². The number of nitrogens with one attached hydrogen (secondary N) is 1. The van der Waals surface area contributed by atoms with Crippen LogP contribution in [-0.4, -0.2) is 12.1 Å². The number of rotatable bonds is 4. The Labute approximate surface area is 133 Å². The van der Waals surface area contributed by atoms with Crippen LogP contribution in [0.2, 0.25) is 0 Å². The lowest BCUT2D eigenvalue weighted by molar-refractivity contribution is 0.0959. The van der Waals surface area contributed by atoms with Crippen molar-refractivity contribution in [2.24, 2.45) is 11.0 Å². The molecule has 0 spiro atoms. The van der Waals surface area contributed by atoms with E-state index in [1.807, 2.05) is 18.2 Å². The van der Waals surface area contributed by atoms with Gasteiger partial charge in [-0.15, -0.1) is 11.3 Å². The molecule has 2 aromatic heterocycles. The Bertz CT molecular complexity index is 722. The van der Waals surface area contributed by atoms with Gasteiger partial charge in [0.1, 0.15) is 11.5 Å². The second-order valence-corrected chi connectivity index (χ2v) is 7.31. The quantitative estimate of drug-likeness (QED) is 0.691. The number of amides is 1. The van der Waals surface area contributed by atoms with E-state index in [1.54, 1.807) is 17.6 Å². The Balaban J connectivity index is 1.37. The molecule has 0 aromatic carbocycles. The summed E-state index contributed by atoms with van der Waals surface area (Å²) in [5.74, 6) is 2.85. The first kappa shape index (κ1) is 13.8. The molecular formula is C17H18N2O2S. The minimum absolute atomic E-state index is 0.141. The molecule has 114 valence electrons. The lowest BCUT2D eigenvalue weighted by Crippen LogP contribution is -2.16. The highest BCUT2D eigenvalue weighted by Crippen LogP contribution is 2.47. The summed E-state index contributed by atoms with van der Waals surface area (Å²) < 4.78 is 5.72. The van der Waals surface area contributed by atoms with E-state index in [0.717, 1.165) is 29.4 Å². The molecule has 5 heteroatoms. The van der Waals surface area contributed by atoms with Gasteiger partial charge < -0.3 is 4.42 Å². The maximum Gasteiger partial charge on any atom is 0.281 e. The summed E-state index contributed by atoms with van der Waals surface area (Å²) >= 11 is 1.58.